The van der Waals surface area contributed by atoms with E-state index in [1.807, 2.05) is 0 Å². The predicted molar refractivity (Wildman–Crippen MR) is 117 cm³/mol. The SMILES string of the molecule is CCCCCCCC(O)CC[C@H]1[C@H](OCCO)CC(=O)[C@@H]1CCCCCCC(=O)O. The summed E-state index contributed by atoms with van der Waals surface area (Å²) in [5.41, 5.74) is 0. The van der Waals surface area contributed by atoms with Crippen LogP contribution >= 0.6 is 0 Å². The van der Waals surface area contributed by atoms with Gasteiger partial charge in [0.25, 0.3) is 0 Å². The predicted octanol–water partition coefficient (Wildman–Crippen LogP) is 4.50. The van der Waals surface area contributed by atoms with Crippen molar-refractivity contribution < 1.29 is 29.6 Å². The molecule has 0 bridgehead atoms. The Labute approximate surface area is 182 Å². The minimum Gasteiger partial charge on any atom is -0.481 e. The van der Waals surface area contributed by atoms with E-state index in [1.54, 1.807) is 0 Å². The van der Waals surface area contributed by atoms with Gasteiger partial charge in [-0.05, 0) is 38.0 Å². The van der Waals surface area contributed by atoms with Crippen LogP contribution in [0, 0.1) is 11.8 Å². The average molecular weight is 429 g/mol. The molecular weight excluding hydrogens is 384 g/mol. The van der Waals surface area contributed by atoms with Crippen LogP contribution in [0.1, 0.15) is 103 Å². The quantitative estimate of drug-likeness (QED) is 0.262. The Bertz CT molecular complexity index is 467. The number of ether oxygens (including phenoxy) is 1. The average Bonchev–Trinajstić information content (AvgIpc) is 3.01. The summed E-state index contributed by atoms with van der Waals surface area (Å²) in [6, 6.07) is 0. The summed E-state index contributed by atoms with van der Waals surface area (Å²) in [5, 5.41) is 28.2. The van der Waals surface area contributed by atoms with Crippen LogP contribution in [0.15, 0.2) is 0 Å². The summed E-state index contributed by atoms with van der Waals surface area (Å²) >= 11 is 0. The minimum atomic E-state index is -0.756. The third-order valence-electron chi connectivity index (χ3n) is 6.36. The highest BCUT2D eigenvalue weighted by molar-refractivity contribution is 5.84. The van der Waals surface area contributed by atoms with Crippen molar-refractivity contribution >= 4 is 11.8 Å². The van der Waals surface area contributed by atoms with Gasteiger partial charge >= 0.3 is 5.97 Å². The Balaban J connectivity index is 2.44. The maximum absolute atomic E-state index is 12.6. The molecule has 176 valence electrons. The van der Waals surface area contributed by atoms with Gasteiger partial charge in [-0.2, -0.15) is 0 Å². The van der Waals surface area contributed by atoms with Gasteiger partial charge in [0.05, 0.1) is 25.4 Å². The van der Waals surface area contributed by atoms with Crippen LogP contribution in [0.2, 0.25) is 0 Å². The van der Waals surface area contributed by atoms with E-state index < -0.39 is 5.97 Å². The smallest absolute Gasteiger partial charge is 0.303 e. The molecule has 0 amide bonds. The fourth-order valence-electron chi connectivity index (χ4n) is 4.65. The third-order valence-corrected chi connectivity index (χ3v) is 6.36. The lowest BCUT2D eigenvalue weighted by atomic mass is 9.85. The number of unbranched alkanes of at least 4 members (excludes halogenated alkanes) is 7. The van der Waals surface area contributed by atoms with Crippen molar-refractivity contribution in [1.82, 2.24) is 0 Å². The van der Waals surface area contributed by atoms with Crippen molar-refractivity contribution in [2.75, 3.05) is 13.2 Å². The largest absolute Gasteiger partial charge is 0.481 e. The van der Waals surface area contributed by atoms with E-state index in [-0.39, 0.29) is 49.5 Å². The Kier molecular flexibility index (Phi) is 15.0. The number of hydrogen-bond donors (Lipinski definition) is 3. The molecule has 6 heteroatoms. The monoisotopic (exact) mass is 428 g/mol. The summed E-state index contributed by atoms with van der Waals surface area (Å²) in [4.78, 5) is 23.2. The zero-order valence-corrected chi connectivity index (χ0v) is 18.9. The zero-order valence-electron chi connectivity index (χ0n) is 18.9. The van der Waals surface area contributed by atoms with Gasteiger partial charge < -0.3 is 20.1 Å². The normalized spacial score (nSPS) is 22.5. The Morgan fingerprint density at radius 3 is 2.43 bits per heavy atom. The first-order valence-corrected chi connectivity index (χ1v) is 12.1. The molecule has 30 heavy (non-hydrogen) atoms. The number of aliphatic carboxylic acids is 1. The van der Waals surface area contributed by atoms with Crippen molar-refractivity contribution in [1.29, 1.82) is 0 Å². The molecule has 0 aromatic rings. The molecule has 0 spiro atoms. The molecule has 1 fully saturated rings. The fourth-order valence-corrected chi connectivity index (χ4v) is 4.65. The number of carboxylic acid groups (broad SMARTS) is 1. The van der Waals surface area contributed by atoms with Crippen LogP contribution in [0.4, 0.5) is 0 Å². The maximum Gasteiger partial charge on any atom is 0.303 e. The molecule has 0 aliphatic heterocycles. The lowest BCUT2D eigenvalue weighted by molar-refractivity contribution is -0.137. The lowest BCUT2D eigenvalue weighted by Gasteiger charge is -2.25. The second kappa shape index (κ2) is 16.7. The van der Waals surface area contributed by atoms with E-state index in [0.717, 1.165) is 44.9 Å². The first kappa shape index (κ1) is 27.1. The molecule has 0 saturated heterocycles. The van der Waals surface area contributed by atoms with E-state index in [4.69, 9.17) is 14.9 Å². The van der Waals surface area contributed by atoms with Crippen molar-refractivity contribution in [3.8, 4) is 0 Å². The number of carbonyl (C=O) groups excluding carboxylic acids is 1. The number of rotatable bonds is 19. The Morgan fingerprint density at radius 1 is 1.03 bits per heavy atom. The van der Waals surface area contributed by atoms with Crippen LogP contribution in [-0.2, 0) is 14.3 Å². The molecule has 3 N–H and O–H groups in total. The standard InChI is InChI=1S/C24H44O6/c1-2-3-4-5-8-11-19(26)14-15-21-20(12-9-6-7-10-13-24(28)29)22(27)18-23(21)30-17-16-25/h19-21,23,25-26H,2-18H2,1H3,(H,28,29)/t19?,20-,21-,23-/m1/s1. The second-order valence-corrected chi connectivity index (χ2v) is 8.85. The van der Waals surface area contributed by atoms with E-state index in [9.17, 15) is 14.7 Å². The van der Waals surface area contributed by atoms with Gasteiger partial charge in [-0.15, -0.1) is 0 Å². The molecule has 0 radical (unpaired) electrons. The molecule has 1 rings (SSSR count). The molecule has 0 heterocycles. The van der Waals surface area contributed by atoms with Crippen molar-refractivity contribution in [3.63, 3.8) is 0 Å². The van der Waals surface area contributed by atoms with E-state index in [1.165, 1.54) is 25.7 Å². The third kappa shape index (κ3) is 11.4. The van der Waals surface area contributed by atoms with Gasteiger partial charge in [-0.1, -0.05) is 58.3 Å². The number of ketones is 1. The number of hydrogen-bond acceptors (Lipinski definition) is 5. The Hall–Kier alpha value is -0.980. The number of carbonyl (C=O) groups is 2. The van der Waals surface area contributed by atoms with Gasteiger partial charge in [0, 0.05) is 18.8 Å². The number of aliphatic hydroxyl groups is 2. The van der Waals surface area contributed by atoms with Crippen LogP contribution < -0.4 is 0 Å². The summed E-state index contributed by atoms with van der Waals surface area (Å²) in [6.07, 6.45) is 12.6. The van der Waals surface area contributed by atoms with Crippen molar-refractivity contribution in [2.24, 2.45) is 11.8 Å². The molecule has 1 aliphatic carbocycles. The van der Waals surface area contributed by atoms with Crippen LogP contribution in [0.25, 0.3) is 0 Å². The lowest BCUT2D eigenvalue weighted by Crippen LogP contribution is -2.26. The molecule has 1 aliphatic rings. The van der Waals surface area contributed by atoms with Gasteiger partial charge in [-0.25, -0.2) is 0 Å². The molecule has 1 saturated carbocycles. The summed E-state index contributed by atoms with van der Waals surface area (Å²) in [6.45, 7) is 2.39. The van der Waals surface area contributed by atoms with Crippen molar-refractivity contribution in [2.45, 2.75) is 115 Å². The van der Waals surface area contributed by atoms with E-state index in [0.29, 0.717) is 19.3 Å². The van der Waals surface area contributed by atoms with E-state index in [2.05, 4.69) is 6.92 Å². The summed E-state index contributed by atoms with van der Waals surface area (Å²) in [7, 11) is 0. The summed E-state index contributed by atoms with van der Waals surface area (Å²) < 4.78 is 5.78. The zero-order chi connectivity index (χ0) is 22.2. The highest BCUT2D eigenvalue weighted by Crippen LogP contribution is 2.38. The molecule has 4 atom stereocenters. The van der Waals surface area contributed by atoms with Crippen LogP contribution in [-0.4, -0.2) is 52.5 Å². The number of aliphatic hydroxyl groups excluding tert-OH is 2. The highest BCUT2D eigenvalue weighted by atomic mass is 16.5. The van der Waals surface area contributed by atoms with Gasteiger partial charge in [-0.3, -0.25) is 9.59 Å². The second-order valence-electron chi connectivity index (χ2n) is 8.85. The Morgan fingerprint density at radius 2 is 1.73 bits per heavy atom. The fraction of sp³-hybridized carbons (Fsp3) is 0.917. The first-order valence-electron chi connectivity index (χ1n) is 12.1. The summed E-state index contributed by atoms with van der Waals surface area (Å²) in [5.74, 6) is -0.445. The van der Waals surface area contributed by atoms with E-state index >= 15 is 0 Å². The molecular formula is C24H44O6. The molecule has 0 aromatic carbocycles. The first-order chi connectivity index (χ1) is 14.5. The maximum atomic E-state index is 12.6. The highest BCUT2D eigenvalue weighted by Gasteiger charge is 2.42. The molecule has 0 aromatic heterocycles. The minimum absolute atomic E-state index is 0.0371. The van der Waals surface area contributed by atoms with Gasteiger partial charge in [0.1, 0.15) is 5.78 Å². The topological polar surface area (TPSA) is 104 Å². The number of Topliss-reactive ketones (excluding diaryl/α,β-unsaturated/α-hetero) is 1. The van der Waals surface area contributed by atoms with Gasteiger partial charge in [0.15, 0.2) is 0 Å². The van der Waals surface area contributed by atoms with Crippen molar-refractivity contribution in [3.05, 3.63) is 0 Å². The molecule has 6 nitrogen and oxygen atoms in total. The molecule has 1 unspecified atom stereocenters. The van der Waals surface area contributed by atoms with Crippen LogP contribution in [0.5, 0.6) is 0 Å². The van der Waals surface area contributed by atoms with Crippen LogP contribution in [0.3, 0.4) is 0 Å². The van der Waals surface area contributed by atoms with Gasteiger partial charge in [0.2, 0.25) is 0 Å². The number of carboxylic acids is 1.